The monoisotopic (exact) mass is 599 g/mol. The molecule has 1 amide bonds. The number of fused-ring (bicyclic) bond motifs is 1. The van der Waals surface area contributed by atoms with E-state index in [-0.39, 0.29) is 18.0 Å². The largest absolute Gasteiger partial charge is 0.490 e. The van der Waals surface area contributed by atoms with Crippen molar-refractivity contribution >= 4 is 45.9 Å². The Morgan fingerprint density at radius 2 is 2.20 bits per heavy atom. The fourth-order valence-corrected chi connectivity index (χ4v) is 6.47. The normalized spacial score (nSPS) is 19.4. The smallest absolute Gasteiger partial charge is 0.265 e. The Morgan fingerprint density at radius 1 is 1.32 bits per heavy atom. The van der Waals surface area contributed by atoms with Gasteiger partial charge < -0.3 is 30.3 Å². The number of amides is 1. The average Bonchev–Trinajstić information content (AvgIpc) is 3.74. The first-order chi connectivity index (χ1) is 19.9. The van der Waals surface area contributed by atoms with Crippen molar-refractivity contribution in [3.05, 3.63) is 40.1 Å². The lowest BCUT2D eigenvalue weighted by Gasteiger charge is -2.34. The van der Waals surface area contributed by atoms with Crippen LogP contribution in [0, 0.1) is 0 Å². The molecule has 4 aromatic rings. The number of ether oxygens (including phenoxy) is 2. The van der Waals surface area contributed by atoms with Gasteiger partial charge in [0.25, 0.3) is 5.91 Å². The molecule has 0 radical (unpaired) electrons. The van der Waals surface area contributed by atoms with E-state index in [1.165, 1.54) is 17.7 Å². The maximum Gasteiger partial charge on any atom is 0.265 e. The second kappa shape index (κ2) is 11.8. The van der Waals surface area contributed by atoms with E-state index in [9.17, 15) is 4.79 Å². The molecule has 2 aliphatic rings. The molecule has 12 nitrogen and oxygen atoms in total. The molecule has 0 spiro atoms. The number of hydrogen-bond donors (Lipinski definition) is 2. The molecular formula is C27H34ClN9O3S. The van der Waals surface area contributed by atoms with Crippen molar-refractivity contribution in [2.45, 2.75) is 31.3 Å². The number of halogens is 1. The van der Waals surface area contributed by atoms with Crippen LogP contribution in [0.25, 0.3) is 16.8 Å². The molecule has 0 saturated carbocycles. The topological polar surface area (TPSA) is 128 Å². The Kier molecular flexibility index (Phi) is 8.02. The second-order valence-corrected chi connectivity index (χ2v) is 12.4. The zero-order valence-corrected chi connectivity index (χ0v) is 24.7. The van der Waals surface area contributed by atoms with Gasteiger partial charge in [-0.3, -0.25) is 9.48 Å². The molecule has 4 aromatic heterocycles. The van der Waals surface area contributed by atoms with E-state index >= 15 is 0 Å². The van der Waals surface area contributed by atoms with Gasteiger partial charge in [-0.1, -0.05) is 11.6 Å². The maximum atomic E-state index is 13.3. The molecule has 218 valence electrons. The summed E-state index contributed by atoms with van der Waals surface area (Å²) < 4.78 is 15.7. The van der Waals surface area contributed by atoms with Crippen molar-refractivity contribution in [3.63, 3.8) is 0 Å². The predicted molar refractivity (Wildman–Crippen MR) is 159 cm³/mol. The number of carbonyl (C=O) groups is 1. The minimum Gasteiger partial charge on any atom is -0.490 e. The highest BCUT2D eigenvalue weighted by Gasteiger charge is 2.28. The predicted octanol–water partition coefficient (Wildman–Crippen LogP) is 3.19. The molecule has 3 N–H and O–H groups in total. The molecular weight excluding hydrogens is 566 g/mol. The molecule has 2 saturated heterocycles. The van der Waals surface area contributed by atoms with Crippen LogP contribution in [0.15, 0.2) is 30.9 Å². The number of nitrogen functional groups attached to an aromatic ring is 1. The average molecular weight is 600 g/mol. The summed E-state index contributed by atoms with van der Waals surface area (Å²) in [7, 11) is 3.95. The molecule has 14 heteroatoms. The van der Waals surface area contributed by atoms with Gasteiger partial charge in [-0.15, -0.1) is 11.3 Å². The minimum atomic E-state index is -0.179. The molecule has 1 unspecified atom stereocenters. The van der Waals surface area contributed by atoms with Gasteiger partial charge in [-0.05, 0) is 39.4 Å². The lowest BCUT2D eigenvalue weighted by Crippen LogP contribution is -2.47. The molecule has 2 fully saturated rings. The molecule has 0 aliphatic carbocycles. The van der Waals surface area contributed by atoms with Crippen LogP contribution >= 0.6 is 22.9 Å². The van der Waals surface area contributed by atoms with Gasteiger partial charge in [-0.2, -0.15) is 10.2 Å². The number of piperidine rings is 1. The zero-order valence-electron chi connectivity index (χ0n) is 23.1. The van der Waals surface area contributed by atoms with Crippen LogP contribution < -0.4 is 20.7 Å². The Hall–Kier alpha value is -3.39. The third-order valence-corrected chi connectivity index (χ3v) is 8.75. The van der Waals surface area contributed by atoms with Crippen LogP contribution in [0.5, 0.6) is 5.75 Å². The number of anilines is 2. The van der Waals surface area contributed by atoms with Gasteiger partial charge in [0.2, 0.25) is 0 Å². The van der Waals surface area contributed by atoms with Crippen molar-refractivity contribution in [2.75, 3.05) is 64.2 Å². The molecule has 41 heavy (non-hydrogen) atoms. The van der Waals surface area contributed by atoms with Crippen LogP contribution in [-0.2, 0) is 4.74 Å². The highest BCUT2D eigenvalue weighted by atomic mass is 35.5. The molecule has 6 heterocycles. The summed E-state index contributed by atoms with van der Waals surface area (Å²) in [5.74, 6) is 0.739. The van der Waals surface area contributed by atoms with Crippen LogP contribution in [0.4, 0.5) is 11.5 Å². The number of carbonyl (C=O) groups excluding carboxylic acids is 1. The maximum absolute atomic E-state index is 13.3. The van der Waals surface area contributed by atoms with Crippen molar-refractivity contribution in [1.29, 1.82) is 0 Å². The fourth-order valence-electron chi connectivity index (χ4n) is 5.41. The van der Waals surface area contributed by atoms with E-state index < -0.39 is 0 Å². The summed E-state index contributed by atoms with van der Waals surface area (Å²) in [6.07, 6.45) is 8.06. The Morgan fingerprint density at radius 3 is 3.00 bits per heavy atom. The minimum absolute atomic E-state index is 0.0684. The Bertz CT molecular complexity index is 1530. The van der Waals surface area contributed by atoms with Crippen molar-refractivity contribution in [2.24, 2.45) is 0 Å². The van der Waals surface area contributed by atoms with Crippen LogP contribution in [0.2, 0.25) is 4.34 Å². The number of nitrogens with two attached hydrogens (primary N) is 1. The third-order valence-electron chi connectivity index (χ3n) is 7.51. The lowest BCUT2D eigenvalue weighted by molar-refractivity contribution is 0.0933. The highest BCUT2D eigenvalue weighted by Crippen LogP contribution is 2.36. The van der Waals surface area contributed by atoms with E-state index in [0.717, 1.165) is 61.4 Å². The van der Waals surface area contributed by atoms with Crippen LogP contribution in [0.1, 0.15) is 35.0 Å². The van der Waals surface area contributed by atoms with Gasteiger partial charge in [0.15, 0.2) is 5.82 Å². The number of aromatic nitrogens is 5. The quantitative estimate of drug-likeness (QED) is 0.298. The van der Waals surface area contributed by atoms with Gasteiger partial charge in [0.1, 0.15) is 29.1 Å². The summed E-state index contributed by atoms with van der Waals surface area (Å²) in [6, 6.07) is 3.97. The molecule has 2 aliphatic heterocycles. The number of hydrogen-bond acceptors (Lipinski definition) is 10. The zero-order chi connectivity index (χ0) is 28.5. The Balaban J connectivity index is 1.22. The standard InChI is InChI=1S/C27H34ClN9O3S/c1-34(2)7-9-40-22-11-23(28)41-25(22)27(38)33-18-4-3-6-35(14-18)21-10-20(37-24(21)26(29)30-16-32-37)17-12-31-36(13-17)19-5-8-39-15-19/h10-13,16,18-19H,3-9,14-15H2,1-2H3,(H,33,38)(H2,29,30,32)/t18-,19?/m1/s1. The first kappa shape index (κ1) is 27.8. The number of likely N-dealkylation sites (N-methyl/N-ethyl adjacent to an activating group) is 1. The number of thiophene rings is 1. The van der Waals surface area contributed by atoms with Crippen LogP contribution in [-0.4, -0.2) is 94.8 Å². The van der Waals surface area contributed by atoms with Gasteiger partial charge in [-0.25, -0.2) is 9.50 Å². The van der Waals surface area contributed by atoms with E-state index in [4.69, 9.17) is 26.8 Å². The van der Waals surface area contributed by atoms with Crippen molar-refractivity contribution in [3.8, 4) is 17.0 Å². The summed E-state index contributed by atoms with van der Waals surface area (Å²) in [4.78, 5) is 22.4. The molecule has 0 aromatic carbocycles. The number of nitrogens with one attached hydrogen (secondary N) is 1. The van der Waals surface area contributed by atoms with E-state index in [0.29, 0.717) is 40.5 Å². The van der Waals surface area contributed by atoms with Gasteiger partial charge in [0, 0.05) is 50.1 Å². The molecule has 6 rings (SSSR count). The third kappa shape index (κ3) is 5.85. The molecule has 0 bridgehead atoms. The SMILES string of the molecule is CN(C)CCOc1cc(Cl)sc1C(=O)N[C@@H]1CCCN(c2cc(-c3cnn(C4CCOC4)c3)n3ncnc(N)c23)C1. The van der Waals surface area contributed by atoms with E-state index in [1.807, 2.05) is 40.6 Å². The summed E-state index contributed by atoms with van der Waals surface area (Å²) in [5.41, 5.74) is 9.89. The Labute approximate surface area is 247 Å². The first-order valence-corrected chi connectivity index (χ1v) is 14.9. The summed E-state index contributed by atoms with van der Waals surface area (Å²) in [5, 5.41) is 12.3. The highest BCUT2D eigenvalue weighted by molar-refractivity contribution is 7.18. The van der Waals surface area contributed by atoms with E-state index in [2.05, 4.69) is 31.5 Å². The fraction of sp³-hybridized carbons (Fsp3) is 0.481. The van der Waals surface area contributed by atoms with Gasteiger partial charge >= 0.3 is 0 Å². The van der Waals surface area contributed by atoms with Crippen molar-refractivity contribution in [1.82, 2.24) is 34.6 Å². The molecule has 2 atom stereocenters. The first-order valence-electron chi connectivity index (χ1n) is 13.7. The lowest BCUT2D eigenvalue weighted by atomic mass is 10.0. The summed E-state index contributed by atoms with van der Waals surface area (Å²) >= 11 is 7.49. The van der Waals surface area contributed by atoms with Crippen LogP contribution in [0.3, 0.4) is 0 Å². The summed E-state index contributed by atoms with van der Waals surface area (Å²) in [6.45, 7) is 4.06. The number of nitrogens with zero attached hydrogens (tertiary/aromatic N) is 7. The second-order valence-electron chi connectivity index (χ2n) is 10.7. The number of rotatable bonds is 9. The van der Waals surface area contributed by atoms with Gasteiger partial charge in [0.05, 0.1) is 34.6 Å². The van der Waals surface area contributed by atoms with Crippen molar-refractivity contribution < 1.29 is 14.3 Å². The van der Waals surface area contributed by atoms with E-state index in [1.54, 1.807) is 6.07 Å².